The quantitative estimate of drug-likeness (QED) is 0.652. The van der Waals surface area contributed by atoms with Crippen molar-refractivity contribution in [3.05, 3.63) is 46.0 Å². The molecule has 0 bridgehead atoms. The average Bonchev–Trinajstić information content (AvgIpc) is 3.16. The lowest BCUT2D eigenvalue weighted by molar-refractivity contribution is -0.385. The van der Waals surface area contributed by atoms with Gasteiger partial charge in [0.25, 0.3) is 5.69 Å². The van der Waals surface area contributed by atoms with Crippen molar-refractivity contribution in [2.75, 3.05) is 6.54 Å². The Morgan fingerprint density at radius 1 is 1.48 bits per heavy atom. The molecule has 0 spiro atoms. The van der Waals surface area contributed by atoms with E-state index in [1.54, 1.807) is 19.2 Å². The Balaban J connectivity index is 1.72. The van der Waals surface area contributed by atoms with E-state index in [2.05, 4.69) is 10.3 Å². The van der Waals surface area contributed by atoms with E-state index in [-0.39, 0.29) is 10.6 Å². The number of oxazole rings is 1. The van der Waals surface area contributed by atoms with Crippen molar-refractivity contribution >= 4 is 5.69 Å². The van der Waals surface area contributed by atoms with Crippen LogP contribution >= 0.6 is 0 Å². The number of nitrogens with one attached hydrogen (secondary N) is 1. The minimum atomic E-state index is -0.379. The van der Waals surface area contributed by atoms with E-state index in [1.165, 1.54) is 18.9 Å². The van der Waals surface area contributed by atoms with Gasteiger partial charge in [-0.1, -0.05) is 12.1 Å². The van der Waals surface area contributed by atoms with E-state index in [0.29, 0.717) is 28.8 Å². The Kier molecular flexibility index (Phi) is 3.70. The molecule has 1 aliphatic carbocycles. The summed E-state index contributed by atoms with van der Waals surface area (Å²) >= 11 is 0. The summed E-state index contributed by atoms with van der Waals surface area (Å²) in [6.45, 7) is 2.57. The first-order valence-electron chi connectivity index (χ1n) is 7.07. The van der Waals surface area contributed by atoms with Crippen molar-refractivity contribution in [2.45, 2.75) is 32.2 Å². The van der Waals surface area contributed by atoms with Crippen molar-refractivity contribution in [3.8, 4) is 11.3 Å². The molecular weight excluding hydrogens is 270 g/mol. The van der Waals surface area contributed by atoms with Gasteiger partial charge >= 0.3 is 0 Å². The van der Waals surface area contributed by atoms with Gasteiger partial charge in [0.15, 0.2) is 11.7 Å². The molecule has 1 aromatic carbocycles. The highest BCUT2D eigenvalue weighted by molar-refractivity contribution is 5.62. The van der Waals surface area contributed by atoms with Crippen molar-refractivity contribution in [2.24, 2.45) is 0 Å². The summed E-state index contributed by atoms with van der Waals surface area (Å²) in [5.74, 6) is 1.22. The molecule has 1 heterocycles. The van der Waals surface area contributed by atoms with Crippen LogP contribution in [0.1, 0.15) is 24.3 Å². The standard InChI is InChI=1S/C15H17N3O3/c1-10-2-3-11(8-13(10)18(19)20)14-9-17-15(21-14)6-7-16-12-4-5-12/h2-3,8-9,12,16H,4-7H2,1H3. The highest BCUT2D eigenvalue weighted by atomic mass is 16.6. The van der Waals surface area contributed by atoms with Gasteiger partial charge < -0.3 is 9.73 Å². The van der Waals surface area contributed by atoms with Crippen LogP contribution in [0.4, 0.5) is 5.69 Å². The molecule has 2 aromatic rings. The number of benzene rings is 1. The van der Waals surface area contributed by atoms with Gasteiger partial charge in [-0.05, 0) is 19.8 Å². The van der Waals surface area contributed by atoms with Crippen LogP contribution in [0.5, 0.6) is 0 Å². The van der Waals surface area contributed by atoms with Crippen LogP contribution in [-0.4, -0.2) is 22.5 Å². The Hall–Kier alpha value is -2.21. The van der Waals surface area contributed by atoms with Crippen LogP contribution in [-0.2, 0) is 6.42 Å². The molecule has 0 amide bonds. The van der Waals surface area contributed by atoms with Crippen molar-refractivity contribution in [1.29, 1.82) is 0 Å². The van der Waals surface area contributed by atoms with Crippen LogP contribution in [0.3, 0.4) is 0 Å². The Bertz CT molecular complexity index is 662. The summed E-state index contributed by atoms with van der Waals surface area (Å²) in [6, 6.07) is 5.74. The molecule has 1 N–H and O–H groups in total. The Morgan fingerprint density at radius 2 is 2.29 bits per heavy atom. The molecule has 21 heavy (non-hydrogen) atoms. The van der Waals surface area contributed by atoms with Crippen molar-refractivity contribution in [3.63, 3.8) is 0 Å². The topological polar surface area (TPSA) is 81.2 Å². The summed E-state index contributed by atoms with van der Waals surface area (Å²) in [4.78, 5) is 14.8. The first-order valence-corrected chi connectivity index (χ1v) is 7.07. The molecule has 3 rings (SSSR count). The molecular formula is C15H17N3O3. The van der Waals surface area contributed by atoms with Gasteiger partial charge in [-0.15, -0.1) is 0 Å². The summed E-state index contributed by atoms with van der Waals surface area (Å²) < 4.78 is 5.67. The number of hydrogen-bond donors (Lipinski definition) is 1. The van der Waals surface area contributed by atoms with Crippen molar-refractivity contribution < 1.29 is 9.34 Å². The number of aromatic nitrogens is 1. The van der Waals surface area contributed by atoms with E-state index in [0.717, 1.165) is 13.0 Å². The molecule has 1 aromatic heterocycles. The minimum Gasteiger partial charge on any atom is -0.441 e. The zero-order valence-corrected chi connectivity index (χ0v) is 11.8. The number of nitro groups is 1. The van der Waals surface area contributed by atoms with Gasteiger partial charge in [0.2, 0.25) is 0 Å². The lowest BCUT2D eigenvalue weighted by Crippen LogP contribution is -2.19. The maximum Gasteiger partial charge on any atom is 0.273 e. The van der Waals surface area contributed by atoms with Crippen molar-refractivity contribution in [1.82, 2.24) is 10.3 Å². The fourth-order valence-corrected chi connectivity index (χ4v) is 2.19. The number of aryl methyl sites for hydroxylation is 1. The second-order valence-electron chi connectivity index (χ2n) is 5.36. The first-order chi connectivity index (χ1) is 10.1. The van der Waals surface area contributed by atoms with Crippen LogP contribution in [0.15, 0.2) is 28.8 Å². The van der Waals surface area contributed by atoms with Gasteiger partial charge in [0.1, 0.15) is 0 Å². The molecule has 110 valence electrons. The predicted octanol–water partition coefficient (Wildman–Crippen LogP) is 2.85. The number of nitro benzene ring substituents is 1. The average molecular weight is 287 g/mol. The van der Waals surface area contributed by atoms with Crippen LogP contribution in [0.25, 0.3) is 11.3 Å². The molecule has 1 saturated carbocycles. The molecule has 6 heteroatoms. The molecule has 0 saturated heterocycles. The molecule has 6 nitrogen and oxygen atoms in total. The molecule has 0 aliphatic heterocycles. The minimum absolute atomic E-state index is 0.0980. The summed E-state index contributed by atoms with van der Waals surface area (Å²) in [5.41, 5.74) is 1.42. The van der Waals surface area contributed by atoms with Crippen LogP contribution in [0, 0.1) is 17.0 Å². The maximum absolute atomic E-state index is 11.0. The monoisotopic (exact) mass is 287 g/mol. The number of hydrogen-bond acceptors (Lipinski definition) is 5. The van der Waals surface area contributed by atoms with Gasteiger partial charge in [0.05, 0.1) is 11.1 Å². The third kappa shape index (κ3) is 3.28. The third-order valence-electron chi connectivity index (χ3n) is 3.59. The predicted molar refractivity (Wildman–Crippen MR) is 78.1 cm³/mol. The molecule has 0 atom stereocenters. The smallest absolute Gasteiger partial charge is 0.273 e. The number of nitrogens with zero attached hydrogens (tertiary/aromatic N) is 2. The zero-order valence-electron chi connectivity index (χ0n) is 11.8. The highest BCUT2D eigenvalue weighted by Gasteiger charge is 2.20. The Morgan fingerprint density at radius 3 is 3.00 bits per heavy atom. The van der Waals surface area contributed by atoms with Crippen LogP contribution < -0.4 is 5.32 Å². The highest BCUT2D eigenvalue weighted by Crippen LogP contribution is 2.27. The zero-order chi connectivity index (χ0) is 14.8. The fraction of sp³-hybridized carbons (Fsp3) is 0.400. The fourth-order valence-electron chi connectivity index (χ4n) is 2.19. The largest absolute Gasteiger partial charge is 0.441 e. The van der Waals surface area contributed by atoms with E-state index in [4.69, 9.17) is 4.42 Å². The lowest BCUT2D eigenvalue weighted by Gasteiger charge is -2.00. The van der Waals surface area contributed by atoms with Gasteiger partial charge in [-0.25, -0.2) is 4.98 Å². The lowest BCUT2D eigenvalue weighted by atomic mass is 10.1. The number of rotatable bonds is 6. The van der Waals surface area contributed by atoms with Gasteiger partial charge in [0, 0.05) is 36.2 Å². The molecule has 0 radical (unpaired) electrons. The summed E-state index contributed by atoms with van der Waals surface area (Å²) in [5, 5.41) is 14.4. The maximum atomic E-state index is 11.0. The van der Waals surface area contributed by atoms with E-state index < -0.39 is 0 Å². The van der Waals surface area contributed by atoms with Crippen LogP contribution in [0.2, 0.25) is 0 Å². The third-order valence-corrected chi connectivity index (χ3v) is 3.59. The molecule has 1 aliphatic rings. The van der Waals surface area contributed by atoms with E-state index in [1.807, 2.05) is 6.07 Å². The first kappa shape index (κ1) is 13.8. The van der Waals surface area contributed by atoms with Gasteiger partial charge in [-0.3, -0.25) is 10.1 Å². The Labute approximate surface area is 122 Å². The normalized spacial score (nSPS) is 14.3. The van der Waals surface area contributed by atoms with E-state index >= 15 is 0 Å². The second-order valence-corrected chi connectivity index (χ2v) is 5.36. The molecule has 1 fully saturated rings. The van der Waals surface area contributed by atoms with E-state index in [9.17, 15) is 10.1 Å². The SMILES string of the molecule is Cc1ccc(-c2cnc(CCNC3CC3)o2)cc1[N+](=O)[O-]. The summed E-state index contributed by atoms with van der Waals surface area (Å²) in [6.07, 6.45) is 4.86. The second kappa shape index (κ2) is 5.65. The summed E-state index contributed by atoms with van der Waals surface area (Å²) in [7, 11) is 0. The molecule has 0 unspecified atom stereocenters. The van der Waals surface area contributed by atoms with Gasteiger partial charge in [-0.2, -0.15) is 0 Å².